The molecular formula is C13H14N2O2S. The van der Waals surface area contributed by atoms with Crippen molar-refractivity contribution in [1.29, 1.82) is 0 Å². The van der Waals surface area contributed by atoms with E-state index in [-0.39, 0.29) is 5.91 Å². The van der Waals surface area contributed by atoms with Gasteiger partial charge < -0.3 is 10.1 Å². The fourth-order valence-electron chi connectivity index (χ4n) is 1.63. The molecule has 2 aromatic heterocycles. The van der Waals surface area contributed by atoms with Crippen LogP contribution in [0.2, 0.25) is 0 Å². The van der Waals surface area contributed by atoms with Crippen molar-refractivity contribution in [1.82, 2.24) is 4.90 Å². The Bertz CT molecular complexity index is 548. The topological polar surface area (TPSA) is 47.2 Å². The van der Waals surface area contributed by atoms with E-state index in [2.05, 4.69) is 0 Å². The molecule has 2 aromatic rings. The van der Waals surface area contributed by atoms with Crippen LogP contribution < -0.4 is 4.73 Å². The molecule has 0 aliphatic heterocycles. The summed E-state index contributed by atoms with van der Waals surface area (Å²) in [5.41, 5.74) is 1.73. The van der Waals surface area contributed by atoms with Crippen LogP contribution in [0.3, 0.4) is 0 Å². The van der Waals surface area contributed by atoms with E-state index >= 15 is 0 Å². The molecule has 0 spiro atoms. The molecule has 0 saturated carbocycles. The Hall–Kier alpha value is -1.88. The first-order chi connectivity index (χ1) is 8.58. The molecule has 0 N–H and O–H groups in total. The van der Waals surface area contributed by atoms with Crippen LogP contribution >= 0.6 is 11.3 Å². The molecule has 0 atom stereocenters. The van der Waals surface area contributed by atoms with E-state index < -0.39 is 0 Å². The maximum Gasteiger partial charge on any atom is 0.254 e. The number of hydrogen-bond donors (Lipinski definition) is 0. The quantitative estimate of drug-likeness (QED) is 0.627. The molecule has 0 saturated heterocycles. The van der Waals surface area contributed by atoms with Gasteiger partial charge in [-0.15, -0.1) is 11.3 Å². The largest absolute Gasteiger partial charge is 0.619 e. The van der Waals surface area contributed by atoms with Crippen molar-refractivity contribution in [3.63, 3.8) is 0 Å². The number of amides is 1. The number of aryl methyl sites for hydroxylation is 1. The van der Waals surface area contributed by atoms with E-state index in [0.29, 0.717) is 16.8 Å². The van der Waals surface area contributed by atoms with Gasteiger partial charge in [-0.3, -0.25) is 4.79 Å². The second-order valence-electron chi connectivity index (χ2n) is 4.13. The molecule has 0 aliphatic rings. The molecule has 0 aromatic carbocycles. The van der Waals surface area contributed by atoms with E-state index in [4.69, 9.17) is 0 Å². The van der Waals surface area contributed by atoms with Gasteiger partial charge in [-0.1, -0.05) is 0 Å². The Balaban J connectivity index is 2.09. The SMILES string of the molecule is Cc1ccsc1CN(C)C(=O)c1cc[n+]([O-])cc1. The number of pyridine rings is 1. The first-order valence-electron chi connectivity index (χ1n) is 5.55. The third kappa shape index (κ3) is 2.68. The minimum Gasteiger partial charge on any atom is -0.619 e. The number of rotatable bonds is 3. The molecule has 0 unspecified atom stereocenters. The van der Waals surface area contributed by atoms with Gasteiger partial charge in [0.15, 0.2) is 12.4 Å². The van der Waals surface area contributed by atoms with Crippen LogP contribution in [0.5, 0.6) is 0 Å². The van der Waals surface area contributed by atoms with Crippen molar-refractivity contribution in [2.24, 2.45) is 0 Å². The van der Waals surface area contributed by atoms with Crippen molar-refractivity contribution >= 4 is 17.2 Å². The number of thiophene rings is 1. The monoisotopic (exact) mass is 262 g/mol. The van der Waals surface area contributed by atoms with Crippen molar-refractivity contribution in [2.75, 3.05) is 7.05 Å². The fraction of sp³-hybridized carbons (Fsp3) is 0.231. The molecular weight excluding hydrogens is 248 g/mol. The lowest BCUT2D eigenvalue weighted by Gasteiger charge is -2.16. The molecule has 0 aliphatic carbocycles. The average molecular weight is 262 g/mol. The Labute approximate surface area is 110 Å². The zero-order chi connectivity index (χ0) is 13.1. The van der Waals surface area contributed by atoms with Crippen LogP contribution in [-0.2, 0) is 6.54 Å². The number of carbonyl (C=O) groups is 1. The summed E-state index contributed by atoms with van der Waals surface area (Å²) in [5.74, 6) is -0.0802. The smallest absolute Gasteiger partial charge is 0.254 e. The molecule has 4 nitrogen and oxygen atoms in total. The molecule has 2 heterocycles. The van der Waals surface area contributed by atoms with Crippen molar-refractivity contribution < 1.29 is 9.52 Å². The Morgan fingerprint density at radius 3 is 2.61 bits per heavy atom. The van der Waals surface area contributed by atoms with Crippen LogP contribution in [0.1, 0.15) is 20.8 Å². The highest BCUT2D eigenvalue weighted by molar-refractivity contribution is 7.10. The standard InChI is InChI=1S/C13H14N2O2S/c1-10-5-8-18-12(10)9-14(2)13(16)11-3-6-15(17)7-4-11/h3-8H,9H2,1-2H3. The highest BCUT2D eigenvalue weighted by Crippen LogP contribution is 2.18. The number of aromatic nitrogens is 1. The van der Waals surface area contributed by atoms with Gasteiger partial charge in [0.05, 0.1) is 12.1 Å². The molecule has 0 bridgehead atoms. The Kier molecular flexibility index (Phi) is 3.62. The predicted octanol–water partition coefficient (Wildman–Crippen LogP) is 1.96. The fourth-order valence-corrected chi connectivity index (χ4v) is 2.59. The van der Waals surface area contributed by atoms with Crippen LogP contribution in [0.15, 0.2) is 36.0 Å². The average Bonchev–Trinajstić information content (AvgIpc) is 2.75. The van der Waals surface area contributed by atoms with Gasteiger partial charge in [-0.05, 0) is 23.9 Å². The van der Waals surface area contributed by atoms with E-state index in [0.717, 1.165) is 0 Å². The first-order valence-corrected chi connectivity index (χ1v) is 6.43. The summed E-state index contributed by atoms with van der Waals surface area (Å²) >= 11 is 1.64. The summed E-state index contributed by atoms with van der Waals surface area (Å²) in [6.45, 7) is 2.63. The highest BCUT2D eigenvalue weighted by Gasteiger charge is 2.14. The zero-order valence-corrected chi connectivity index (χ0v) is 11.1. The van der Waals surface area contributed by atoms with Gasteiger partial charge in [0, 0.05) is 24.1 Å². The number of carbonyl (C=O) groups excluding carboxylic acids is 1. The minimum atomic E-state index is -0.0802. The zero-order valence-electron chi connectivity index (χ0n) is 10.3. The molecule has 94 valence electrons. The lowest BCUT2D eigenvalue weighted by atomic mass is 10.2. The lowest BCUT2D eigenvalue weighted by molar-refractivity contribution is -0.605. The normalized spacial score (nSPS) is 10.3. The van der Waals surface area contributed by atoms with Crippen LogP contribution in [-0.4, -0.2) is 17.9 Å². The van der Waals surface area contributed by atoms with Crippen LogP contribution in [0.4, 0.5) is 0 Å². The summed E-state index contributed by atoms with van der Waals surface area (Å²) < 4.78 is 0.667. The second-order valence-corrected chi connectivity index (χ2v) is 5.14. The molecule has 0 radical (unpaired) electrons. The van der Waals surface area contributed by atoms with Gasteiger partial charge in [0.2, 0.25) is 0 Å². The minimum absolute atomic E-state index is 0.0802. The summed E-state index contributed by atoms with van der Waals surface area (Å²) in [6, 6.07) is 5.11. The summed E-state index contributed by atoms with van der Waals surface area (Å²) in [5, 5.41) is 12.9. The maximum atomic E-state index is 12.1. The van der Waals surface area contributed by atoms with Crippen molar-refractivity contribution in [2.45, 2.75) is 13.5 Å². The first kappa shape index (κ1) is 12.6. The predicted molar refractivity (Wildman–Crippen MR) is 70.3 cm³/mol. The third-order valence-corrected chi connectivity index (χ3v) is 3.75. The Morgan fingerprint density at radius 2 is 2.06 bits per heavy atom. The van der Waals surface area contributed by atoms with Gasteiger partial charge in [0.1, 0.15) is 0 Å². The number of nitrogens with zero attached hydrogens (tertiary/aromatic N) is 2. The van der Waals surface area contributed by atoms with Crippen LogP contribution in [0.25, 0.3) is 0 Å². The lowest BCUT2D eigenvalue weighted by Crippen LogP contribution is -2.29. The van der Waals surface area contributed by atoms with E-state index in [9.17, 15) is 10.0 Å². The van der Waals surface area contributed by atoms with Crippen molar-refractivity contribution in [3.8, 4) is 0 Å². The summed E-state index contributed by atoms with van der Waals surface area (Å²) in [6.07, 6.45) is 2.66. The molecule has 2 rings (SSSR count). The molecule has 1 amide bonds. The molecule has 5 heteroatoms. The van der Waals surface area contributed by atoms with Gasteiger partial charge in [-0.2, -0.15) is 4.73 Å². The van der Waals surface area contributed by atoms with Gasteiger partial charge in [-0.25, -0.2) is 0 Å². The molecule has 18 heavy (non-hydrogen) atoms. The van der Waals surface area contributed by atoms with E-state index in [1.54, 1.807) is 23.3 Å². The summed E-state index contributed by atoms with van der Waals surface area (Å²) in [7, 11) is 1.76. The third-order valence-electron chi connectivity index (χ3n) is 2.74. The van der Waals surface area contributed by atoms with E-state index in [1.807, 2.05) is 18.4 Å². The Morgan fingerprint density at radius 1 is 1.39 bits per heavy atom. The maximum absolute atomic E-state index is 12.1. The van der Waals surface area contributed by atoms with E-state index in [1.165, 1.54) is 35.0 Å². The summed E-state index contributed by atoms with van der Waals surface area (Å²) in [4.78, 5) is 14.9. The number of hydrogen-bond acceptors (Lipinski definition) is 3. The van der Waals surface area contributed by atoms with Crippen LogP contribution in [0, 0.1) is 12.1 Å². The highest BCUT2D eigenvalue weighted by atomic mass is 32.1. The van der Waals surface area contributed by atoms with Crippen molar-refractivity contribution in [3.05, 3.63) is 57.2 Å². The molecule has 0 fully saturated rings. The van der Waals surface area contributed by atoms with Gasteiger partial charge >= 0.3 is 0 Å². The van der Waals surface area contributed by atoms with Gasteiger partial charge in [0.25, 0.3) is 5.91 Å². The second kappa shape index (κ2) is 5.18.